The third-order valence-corrected chi connectivity index (χ3v) is 8.53. The summed E-state index contributed by atoms with van der Waals surface area (Å²) in [6.07, 6.45) is 10.5. The Labute approximate surface area is 183 Å². The molecule has 0 atom stereocenters. The maximum Gasteiger partial charge on any atom is 0.138 e. The third-order valence-electron chi connectivity index (χ3n) is 7.66. The van der Waals surface area contributed by atoms with E-state index in [1.54, 1.807) is 17.3 Å². The molecule has 0 bridgehead atoms. The van der Waals surface area contributed by atoms with Gasteiger partial charge in [0.15, 0.2) is 0 Å². The Hall–Kier alpha value is -1.87. The van der Waals surface area contributed by atoms with Crippen LogP contribution in [-0.4, -0.2) is 11.0 Å². The van der Waals surface area contributed by atoms with Gasteiger partial charge in [0.25, 0.3) is 0 Å². The lowest BCUT2D eigenvalue weighted by molar-refractivity contribution is 0.0609. The van der Waals surface area contributed by atoms with Crippen molar-refractivity contribution in [2.45, 2.75) is 70.1 Å². The van der Waals surface area contributed by atoms with Gasteiger partial charge < -0.3 is 9.84 Å². The molecule has 1 N–H and O–H groups in total. The summed E-state index contributed by atoms with van der Waals surface area (Å²) in [7, 11) is 0. The van der Waals surface area contributed by atoms with Gasteiger partial charge in [-0.05, 0) is 83.2 Å². The van der Waals surface area contributed by atoms with E-state index in [-0.39, 0.29) is 16.2 Å². The summed E-state index contributed by atoms with van der Waals surface area (Å²) < 4.78 is 5.78. The van der Waals surface area contributed by atoms with Crippen LogP contribution in [0.25, 0.3) is 16.3 Å². The highest BCUT2D eigenvalue weighted by molar-refractivity contribution is 7.99. The van der Waals surface area contributed by atoms with Gasteiger partial charge in [0, 0.05) is 10.8 Å². The zero-order chi connectivity index (χ0) is 20.9. The van der Waals surface area contributed by atoms with Crippen molar-refractivity contribution in [1.82, 2.24) is 0 Å². The van der Waals surface area contributed by atoms with E-state index in [0.717, 1.165) is 36.8 Å². The molecule has 0 amide bonds. The average molecular weight is 419 g/mol. The van der Waals surface area contributed by atoms with Crippen LogP contribution in [0.3, 0.4) is 0 Å². The molecule has 1 heterocycles. The number of hydrogen-bond donors (Lipinski definition) is 1. The van der Waals surface area contributed by atoms with Crippen molar-refractivity contribution >= 4 is 28.1 Å². The van der Waals surface area contributed by atoms with Gasteiger partial charge in [-0.3, -0.25) is 0 Å². The van der Waals surface area contributed by atoms with Gasteiger partial charge in [-0.25, -0.2) is 0 Å². The number of benzene rings is 2. The predicted octanol–water partition coefficient (Wildman–Crippen LogP) is 7.58. The molecule has 1 aliphatic heterocycles. The quantitative estimate of drug-likeness (QED) is 0.478. The standard InChI is InChI=1S/C27H30O2S/c1-25(2)12-26(3,4)14-27(13-25)19-8-6-5-7-16(19)24-18-10-23-22(29-15-30-23)9-17(18)21(28)11-20(24)27/h5,7,9-11,28H,6,8,12-15H2,1-4H3. The van der Waals surface area contributed by atoms with Crippen molar-refractivity contribution in [1.29, 1.82) is 0 Å². The van der Waals surface area contributed by atoms with Crippen LogP contribution >= 0.6 is 11.8 Å². The van der Waals surface area contributed by atoms with Crippen LogP contribution in [-0.2, 0) is 5.41 Å². The van der Waals surface area contributed by atoms with E-state index in [9.17, 15) is 5.11 Å². The second kappa shape index (κ2) is 5.88. The minimum absolute atomic E-state index is 0.0367. The SMILES string of the molecule is CC1(C)CC(C)(C)CC2(C1)C1=C(C=CCC1)c1c2cc(O)c2cc3c(cc12)SCO3. The van der Waals surface area contributed by atoms with E-state index in [1.165, 1.54) is 33.4 Å². The molecule has 3 heteroatoms. The van der Waals surface area contributed by atoms with E-state index < -0.39 is 0 Å². The van der Waals surface area contributed by atoms with Crippen LogP contribution in [0.2, 0.25) is 0 Å². The molecule has 3 aliphatic carbocycles. The van der Waals surface area contributed by atoms with Crippen LogP contribution in [0.15, 0.2) is 40.8 Å². The number of phenolic OH excluding ortho intramolecular Hbond substituents is 1. The van der Waals surface area contributed by atoms with Gasteiger partial charge in [-0.1, -0.05) is 57.2 Å². The zero-order valence-electron chi connectivity index (χ0n) is 18.4. The van der Waals surface area contributed by atoms with Crippen LogP contribution in [0.4, 0.5) is 0 Å². The number of fused-ring (bicyclic) bond motifs is 7. The van der Waals surface area contributed by atoms with Crippen LogP contribution in [0.1, 0.15) is 70.9 Å². The van der Waals surface area contributed by atoms with E-state index in [1.807, 2.05) is 6.07 Å². The Kier molecular flexibility index (Phi) is 3.70. The van der Waals surface area contributed by atoms with E-state index in [0.29, 0.717) is 11.7 Å². The lowest BCUT2D eigenvalue weighted by Crippen LogP contribution is -2.44. The number of allylic oxidation sites excluding steroid dienone is 4. The van der Waals surface area contributed by atoms with Gasteiger partial charge in [0.2, 0.25) is 0 Å². The molecule has 4 aliphatic rings. The second-order valence-corrected chi connectivity index (χ2v) is 12.3. The molecular formula is C27H30O2S. The van der Waals surface area contributed by atoms with Crippen LogP contribution in [0.5, 0.6) is 11.5 Å². The summed E-state index contributed by atoms with van der Waals surface area (Å²) in [4.78, 5) is 1.20. The van der Waals surface area contributed by atoms with Crippen molar-refractivity contribution in [3.8, 4) is 11.5 Å². The average Bonchev–Trinajstić information content (AvgIpc) is 3.20. The highest BCUT2D eigenvalue weighted by atomic mass is 32.2. The maximum absolute atomic E-state index is 11.2. The fourth-order valence-corrected chi connectivity index (χ4v) is 8.31. The Morgan fingerprint density at radius 2 is 1.73 bits per heavy atom. The first kappa shape index (κ1) is 18.9. The van der Waals surface area contributed by atoms with Gasteiger partial charge in [0.05, 0.1) is 4.90 Å². The number of hydrogen-bond acceptors (Lipinski definition) is 3. The Morgan fingerprint density at radius 1 is 0.967 bits per heavy atom. The molecule has 1 saturated carbocycles. The third kappa shape index (κ3) is 2.51. The van der Waals surface area contributed by atoms with Crippen molar-refractivity contribution in [2.24, 2.45) is 10.8 Å². The topological polar surface area (TPSA) is 29.5 Å². The van der Waals surface area contributed by atoms with Gasteiger partial charge in [0.1, 0.15) is 17.4 Å². The molecule has 0 radical (unpaired) electrons. The predicted molar refractivity (Wildman–Crippen MR) is 125 cm³/mol. The van der Waals surface area contributed by atoms with Crippen molar-refractivity contribution < 1.29 is 9.84 Å². The summed E-state index contributed by atoms with van der Waals surface area (Å²) in [5.41, 5.74) is 6.38. The fraction of sp³-hybridized carbons (Fsp3) is 0.481. The minimum Gasteiger partial charge on any atom is -0.507 e. The zero-order valence-corrected chi connectivity index (χ0v) is 19.2. The number of ether oxygens (including phenoxy) is 1. The highest BCUT2D eigenvalue weighted by Gasteiger charge is 2.54. The molecular weight excluding hydrogens is 388 g/mol. The molecule has 2 aromatic rings. The fourth-order valence-electron chi connectivity index (χ4n) is 7.54. The van der Waals surface area contributed by atoms with Crippen LogP contribution < -0.4 is 4.74 Å². The second-order valence-electron chi connectivity index (χ2n) is 11.3. The maximum atomic E-state index is 11.2. The van der Waals surface area contributed by atoms with Gasteiger partial charge in [-0.2, -0.15) is 0 Å². The molecule has 2 nitrogen and oxygen atoms in total. The summed E-state index contributed by atoms with van der Waals surface area (Å²) in [6, 6.07) is 6.43. The first-order valence-corrected chi connectivity index (χ1v) is 12.2. The smallest absolute Gasteiger partial charge is 0.138 e. The Balaban J connectivity index is 1.70. The summed E-state index contributed by atoms with van der Waals surface area (Å²) in [5, 5.41) is 13.3. The van der Waals surface area contributed by atoms with Crippen molar-refractivity contribution in [3.63, 3.8) is 0 Å². The Morgan fingerprint density at radius 3 is 2.50 bits per heavy atom. The molecule has 156 valence electrons. The normalized spacial score (nSPS) is 24.7. The highest BCUT2D eigenvalue weighted by Crippen LogP contribution is 2.65. The lowest BCUT2D eigenvalue weighted by atomic mass is 9.51. The monoisotopic (exact) mass is 418 g/mol. The van der Waals surface area contributed by atoms with Crippen molar-refractivity contribution in [3.05, 3.63) is 47.1 Å². The molecule has 30 heavy (non-hydrogen) atoms. The van der Waals surface area contributed by atoms with E-state index in [4.69, 9.17) is 4.74 Å². The van der Waals surface area contributed by atoms with E-state index in [2.05, 4.69) is 52.0 Å². The van der Waals surface area contributed by atoms with E-state index >= 15 is 0 Å². The Bertz CT molecular complexity index is 1150. The van der Waals surface area contributed by atoms with Gasteiger partial charge >= 0.3 is 0 Å². The molecule has 6 rings (SSSR count). The summed E-state index contributed by atoms with van der Waals surface area (Å²) in [6.45, 7) is 9.76. The number of thioether (sulfide) groups is 1. The molecule has 1 spiro atoms. The minimum atomic E-state index is 0.0367. The number of rotatable bonds is 0. The first-order chi connectivity index (χ1) is 14.2. The molecule has 0 unspecified atom stereocenters. The summed E-state index contributed by atoms with van der Waals surface area (Å²) in [5.74, 6) is 1.97. The number of aromatic hydroxyl groups is 1. The molecule has 0 saturated heterocycles. The van der Waals surface area contributed by atoms with Gasteiger partial charge in [-0.15, -0.1) is 0 Å². The first-order valence-electron chi connectivity index (χ1n) is 11.2. The molecule has 1 fully saturated rings. The lowest BCUT2D eigenvalue weighted by Gasteiger charge is -2.52. The van der Waals surface area contributed by atoms with Crippen LogP contribution in [0, 0.1) is 10.8 Å². The molecule has 0 aromatic heterocycles. The van der Waals surface area contributed by atoms with Crippen molar-refractivity contribution in [2.75, 3.05) is 5.94 Å². The summed E-state index contributed by atoms with van der Waals surface area (Å²) >= 11 is 1.75. The number of phenols is 1. The molecule has 2 aromatic carbocycles. The largest absolute Gasteiger partial charge is 0.507 e.